The van der Waals surface area contributed by atoms with Gasteiger partial charge in [-0.15, -0.1) is 0 Å². The van der Waals surface area contributed by atoms with Gasteiger partial charge in [-0.25, -0.2) is 13.4 Å². The third-order valence-corrected chi connectivity index (χ3v) is 4.90. The quantitative estimate of drug-likeness (QED) is 0.818. The number of benzene rings is 1. The van der Waals surface area contributed by atoms with Gasteiger partial charge >= 0.3 is 0 Å². The number of anilines is 1. The van der Waals surface area contributed by atoms with E-state index in [1.165, 1.54) is 24.4 Å². The monoisotopic (exact) mass is 380 g/mol. The first-order valence-electron chi connectivity index (χ1n) is 4.98. The average molecular weight is 382 g/mol. The molecular weight excluding hydrogens is 375 g/mol. The maximum Gasteiger partial charge on any atom is 0.261 e. The molecular formula is C11H7BrCl2N2O2S. The van der Waals surface area contributed by atoms with Gasteiger partial charge in [0.05, 0.1) is 21.3 Å². The van der Waals surface area contributed by atoms with Crippen molar-refractivity contribution >= 4 is 54.8 Å². The summed E-state index contributed by atoms with van der Waals surface area (Å²) in [6.45, 7) is 0. The number of hydrogen-bond acceptors (Lipinski definition) is 3. The lowest BCUT2D eigenvalue weighted by Gasteiger charge is -2.08. The fourth-order valence-electron chi connectivity index (χ4n) is 1.33. The van der Waals surface area contributed by atoms with Crippen LogP contribution in [0.3, 0.4) is 0 Å². The first kappa shape index (κ1) is 14.6. The molecule has 0 fully saturated rings. The van der Waals surface area contributed by atoms with Gasteiger partial charge in [0.25, 0.3) is 10.0 Å². The van der Waals surface area contributed by atoms with Gasteiger partial charge in [0, 0.05) is 5.02 Å². The van der Waals surface area contributed by atoms with E-state index < -0.39 is 10.0 Å². The molecule has 0 bridgehead atoms. The highest BCUT2D eigenvalue weighted by Crippen LogP contribution is 2.25. The van der Waals surface area contributed by atoms with E-state index in [9.17, 15) is 8.42 Å². The van der Waals surface area contributed by atoms with E-state index in [1.807, 2.05) is 0 Å². The van der Waals surface area contributed by atoms with Gasteiger partial charge in [-0.3, -0.25) is 4.72 Å². The number of sulfonamides is 1. The third kappa shape index (κ3) is 3.60. The van der Waals surface area contributed by atoms with Crippen LogP contribution in [0.25, 0.3) is 0 Å². The Bertz CT molecular complexity index is 722. The molecule has 0 aliphatic heterocycles. The van der Waals surface area contributed by atoms with Crippen molar-refractivity contribution in [2.45, 2.75) is 4.90 Å². The minimum Gasteiger partial charge on any atom is -0.278 e. The van der Waals surface area contributed by atoms with Gasteiger partial charge in [0.2, 0.25) is 0 Å². The highest BCUT2D eigenvalue weighted by Gasteiger charge is 2.15. The molecule has 0 amide bonds. The van der Waals surface area contributed by atoms with E-state index in [2.05, 4.69) is 25.6 Å². The Labute approximate surface area is 128 Å². The minimum absolute atomic E-state index is 0.0751. The molecule has 2 aromatic rings. The molecule has 0 unspecified atom stereocenters. The second-order valence-corrected chi connectivity index (χ2v) is 6.89. The van der Waals surface area contributed by atoms with Crippen LogP contribution in [0.15, 0.2) is 45.9 Å². The molecule has 1 aromatic heterocycles. The molecule has 19 heavy (non-hydrogen) atoms. The predicted molar refractivity (Wildman–Crippen MR) is 79.2 cm³/mol. The number of rotatable bonds is 3. The van der Waals surface area contributed by atoms with Crippen molar-refractivity contribution < 1.29 is 8.42 Å². The summed E-state index contributed by atoms with van der Waals surface area (Å²) < 4.78 is 27.1. The maximum absolute atomic E-state index is 12.1. The van der Waals surface area contributed by atoms with Crippen molar-refractivity contribution in [3.05, 3.63) is 51.2 Å². The zero-order valence-electron chi connectivity index (χ0n) is 9.27. The second kappa shape index (κ2) is 5.66. The van der Waals surface area contributed by atoms with Crippen LogP contribution < -0.4 is 4.72 Å². The number of aromatic nitrogens is 1. The standard InChI is InChI=1S/C11H7BrCl2N2O2S/c12-10-5-8(6-15-11(10)14)16-19(17,18)9-3-1-2-7(13)4-9/h1-6,16H. The van der Waals surface area contributed by atoms with Crippen molar-refractivity contribution in [3.63, 3.8) is 0 Å². The maximum atomic E-state index is 12.1. The predicted octanol–water partition coefficient (Wildman–Crippen LogP) is 3.95. The molecule has 1 aromatic carbocycles. The summed E-state index contributed by atoms with van der Waals surface area (Å²) >= 11 is 14.7. The summed E-state index contributed by atoms with van der Waals surface area (Å²) in [5.74, 6) is 0. The molecule has 1 N–H and O–H groups in total. The summed E-state index contributed by atoms with van der Waals surface area (Å²) in [5, 5.41) is 0.601. The van der Waals surface area contributed by atoms with Crippen LogP contribution in [-0.2, 0) is 10.0 Å². The van der Waals surface area contributed by atoms with E-state index in [0.29, 0.717) is 15.2 Å². The molecule has 0 spiro atoms. The van der Waals surface area contributed by atoms with E-state index in [0.717, 1.165) is 0 Å². The van der Waals surface area contributed by atoms with Gasteiger partial charge in [-0.05, 0) is 40.2 Å². The summed E-state index contributed by atoms with van der Waals surface area (Å²) in [6, 6.07) is 7.50. The van der Waals surface area contributed by atoms with Crippen LogP contribution in [-0.4, -0.2) is 13.4 Å². The Morgan fingerprint density at radius 3 is 2.58 bits per heavy atom. The molecule has 0 aliphatic rings. The third-order valence-electron chi connectivity index (χ3n) is 2.15. The number of pyridine rings is 1. The normalized spacial score (nSPS) is 11.3. The Morgan fingerprint density at radius 2 is 1.95 bits per heavy atom. The van der Waals surface area contributed by atoms with E-state index in [1.54, 1.807) is 12.1 Å². The fraction of sp³-hybridized carbons (Fsp3) is 0. The first-order chi connectivity index (χ1) is 8.88. The van der Waals surface area contributed by atoms with Crippen LogP contribution in [0.4, 0.5) is 5.69 Å². The second-order valence-electron chi connectivity index (χ2n) is 3.56. The number of nitrogens with zero attached hydrogens (tertiary/aromatic N) is 1. The molecule has 8 heteroatoms. The summed E-state index contributed by atoms with van der Waals surface area (Å²) in [6.07, 6.45) is 1.33. The summed E-state index contributed by atoms with van der Waals surface area (Å²) in [4.78, 5) is 3.91. The van der Waals surface area contributed by atoms with Gasteiger partial charge in [0.1, 0.15) is 5.15 Å². The lowest BCUT2D eigenvalue weighted by atomic mass is 10.4. The lowest BCUT2D eigenvalue weighted by Crippen LogP contribution is -2.13. The SMILES string of the molecule is O=S(=O)(Nc1cnc(Cl)c(Br)c1)c1cccc(Cl)c1. The van der Waals surface area contributed by atoms with E-state index >= 15 is 0 Å². The molecule has 0 saturated heterocycles. The Hall–Kier alpha value is -0.820. The first-order valence-corrected chi connectivity index (χ1v) is 8.01. The van der Waals surface area contributed by atoms with Gasteiger partial charge in [-0.2, -0.15) is 0 Å². The average Bonchev–Trinajstić information content (AvgIpc) is 2.33. The summed E-state index contributed by atoms with van der Waals surface area (Å²) in [7, 11) is -3.70. The molecule has 0 saturated carbocycles. The zero-order valence-corrected chi connectivity index (χ0v) is 13.2. The van der Waals surface area contributed by atoms with Crippen LogP contribution >= 0.6 is 39.1 Å². The largest absolute Gasteiger partial charge is 0.278 e. The number of halogens is 3. The molecule has 100 valence electrons. The Balaban J connectivity index is 2.33. The molecule has 0 aliphatic carbocycles. The smallest absolute Gasteiger partial charge is 0.261 e. The van der Waals surface area contributed by atoms with Crippen molar-refractivity contribution in [2.24, 2.45) is 0 Å². The van der Waals surface area contributed by atoms with E-state index in [-0.39, 0.29) is 10.0 Å². The molecule has 0 radical (unpaired) electrons. The van der Waals surface area contributed by atoms with E-state index in [4.69, 9.17) is 23.2 Å². The topological polar surface area (TPSA) is 59.1 Å². The van der Waals surface area contributed by atoms with Gasteiger partial charge in [0.15, 0.2) is 0 Å². The number of nitrogens with one attached hydrogen (secondary N) is 1. The lowest BCUT2D eigenvalue weighted by molar-refractivity contribution is 0.601. The minimum atomic E-state index is -3.70. The molecule has 2 rings (SSSR count). The van der Waals surface area contributed by atoms with Gasteiger partial charge in [-0.1, -0.05) is 29.3 Å². The van der Waals surface area contributed by atoms with Crippen molar-refractivity contribution in [1.29, 1.82) is 0 Å². The van der Waals surface area contributed by atoms with Crippen molar-refractivity contribution in [1.82, 2.24) is 4.98 Å². The van der Waals surface area contributed by atoms with Crippen molar-refractivity contribution in [3.8, 4) is 0 Å². The Morgan fingerprint density at radius 1 is 1.21 bits per heavy atom. The van der Waals surface area contributed by atoms with Crippen LogP contribution in [0.2, 0.25) is 10.2 Å². The van der Waals surface area contributed by atoms with Crippen molar-refractivity contribution in [2.75, 3.05) is 4.72 Å². The van der Waals surface area contributed by atoms with Gasteiger partial charge < -0.3 is 0 Å². The fourth-order valence-corrected chi connectivity index (χ4v) is 3.11. The highest BCUT2D eigenvalue weighted by atomic mass is 79.9. The molecule has 4 nitrogen and oxygen atoms in total. The Kier molecular flexibility index (Phi) is 4.35. The molecule has 1 heterocycles. The zero-order chi connectivity index (χ0) is 14.0. The number of hydrogen-bond donors (Lipinski definition) is 1. The molecule has 0 atom stereocenters. The summed E-state index contributed by atoms with van der Waals surface area (Å²) in [5.41, 5.74) is 0.302. The van der Waals surface area contributed by atoms with Crippen LogP contribution in [0, 0.1) is 0 Å². The van der Waals surface area contributed by atoms with Crippen LogP contribution in [0.5, 0.6) is 0 Å². The highest BCUT2D eigenvalue weighted by molar-refractivity contribution is 9.10. The van der Waals surface area contributed by atoms with Crippen LogP contribution in [0.1, 0.15) is 0 Å².